The van der Waals surface area contributed by atoms with Crippen molar-refractivity contribution in [2.45, 2.75) is 57.9 Å². The van der Waals surface area contributed by atoms with Crippen LogP contribution in [0.4, 0.5) is 4.79 Å². The molecule has 0 saturated carbocycles. The minimum absolute atomic E-state index is 0.215. The first-order valence-corrected chi connectivity index (χ1v) is 7.03. The first-order valence-electron chi connectivity index (χ1n) is 7.03. The number of rotatable bonds is 3. The Balaban J connectivity index is 0.000000550. The van der Waals surface area contributed by atoms with Crippen LogP contribution in [0.2, 0.25) is 0 Å². The lowest BCUT2D eigenvalue weighted by Crippen LogP contribution is -2.46. The average molecular weight is 264 g/mol. The van der Waals surface area contributed by atoms with Crippen LogP contribution < -0.4 is 10.6 Å². The number of carbonyl (C=O) groups excluding carboxylic acids is 2. The molecule has 2 N–H and O–H groups in total. The molecule has 1 unspecified atom stereocenters. The average Bonchev–Trinajstić information content (AvgIpc) is 2.62. The molecule has 4 nitrogen and oxygen atoms in total. The second-order valence-corrected chi connectivity index (χ2v) is 5.07. The van der Waals surface area contributed by atoms with Gasteiger partial charge >= 0.3 is 6.03 Å². The molecule has 0 aromatic rings. The van der Waals surface area contributed by atoms with Gasteiger partial charge in [-0.05, 0) is 32.1 Å². The molecule has 3 amide bonds. The number of hydrogen-bond acceptors (Lipinski definition) is 2. The summed E-state index contributed by atoms with van der Waals surface area (Å²) in [5.74, 6) is -0.215. The fourth-order valence-electron chi connectivity index (χ4n) is 2.35. The van der Waals surface area contributed by atoms with Gasteiger partial charge in [-0.15, -0.1) is 6.58 Å². The van der Waals surface area contributed by atoms with Gasteiger partial charge in [0.05, 0.1) is 0 Å². The summed E-state index contributed by atoms with van der Waals surface area (Å²) in [6.07, 6.45) is 9.54. The van der Waals surface area contributed by atoms with Gasteiger partial charge in [0.2, 0.25) is 0 Å². The highest BCUT2D eigenvalue weighted by atomic mass is 16.2. The summed E-state index contributed by atoms with van der Waals surface area (Å²) in [7, 11) is 0. The highest BCUT2D eigenvalue weighted by molar-refractivity contribution is 6.08. The normalized spacial score (nSPS) is 25.1. The van der Waals surface area contributed by atoms with Crippen molar-refractivity contribution in [2.24, 2.45) is 0 Å². The number of carbonyl (C=O) groups is 2. The van der Waals surface area contributed by atoms with Gasteiger partial charge in [0, 0.05) is 0 Å². The summed E-state index contributed by atoms with van der Waals surface area (Å²) in [5.41, 5.74) is 0.467. The van der Waals surface area contributed by atoms with E-state index in [-0.39, 0.29) is 11.9 Å². The van der Waals surface area contributed by atoms with E-state index in [0.717, 1.165) is 25.7 Å². The molecule has 19 heavy (non-hydrogen) atoms. The van der Waals surface area contributed by atoms with E-state index in [2.05, 4.69) is 31.1 Å². The van der Waals surface area contributed by atoms with Crippen molar-refractivity contribution in [2.75, 3.05) is 0 Å². The van der Waals surface area contributed by atoms with Crippen LogP contribution in [0.1, 0.15) is 52.4 Å². The molecule has 0 aromatic heterocycles. The molecule has 4 heteroatoms. The SMILES string of the molecule is C=CCCC1=CC2(CCC1)NC(=O)NC2=O.CCC. The summed E-state index contributed by atoms with van der Waals surface area (Å²) in [4.78, 5) is 22.9. The lowest BCUT2D eigenvalue weighted by atomic mass is 9.82. The third-order valence-corrected chi connectivity index (χ3v) is 3.16. The fourth-order valence-corrected chi connectivity index (χ4v) is 2.35. The zero-order valence-electron chi connectivity index (χ0n) is 11.9. The summed E-state index contributed by atoms with van der Waals surface area (Å²) in [5, 5.41) is 5.02. The van der Waals surface area contributed by atoms with Crippen molar-refractivity contribution < 1.29 is 9.59 Å². The Hall–Kier alpha value is -1.58. The van der Waals surface area contributed by atoms with Crippen LogP contribution in [0.3, 0.4) is 0 Å². The molecule has 1 spiro atoms. The maximum absolute atomic E-state index is 11.7. The third-order valence-electron chi connectivity index (χ3n) is 3.16. The molecule has 0 aromatic carbocycles. The Morgan fingerprint density at radius 2 is 2.11 bits per heavy atom. The minimum atomic E-state index is -0.772. The van der Waals surface area contributed by atoms with E-state index in [0.29, 0.717) is 6.42 Å². The lowest BCUT2D eigenvalue weighted by Gasteiger charge is -2.28. The third kappa shape index (κ3) is 3.94. The van der Waals surface area contributed by atoms with Gasteiger partial charge < -0.3 is 5.32 Å². The predicted molar refractivity (Wildman–Crippen MR) is 76.7 cm³/mol. The van der Waals surface area contributed by atoms with Crippen molar-refractivity contribution in [3.05, 3.63) is 24.3 Å². The maximum Gasteiger partial charge on any atom is 0.322 e. The number of allylic oxidation sites excluding steroid dienone is 2. The number of hydrogen-bond donors (Lipinski definition) is 2. The van der Waals surface area contributed by atoms with E-state index in [9.17, 15) is 9.59 Å². The zero-order chi connectivity index (χ0) is 14.3. The van der Waals surface area contributed by atoms with Gasteiger partial charge in [-0.25, -0.2) is 4.79 Å². The Bertz CT molecular complexity index is 388. The number of urea groups is 1. The van der Waals surface area contributed by atoms with Gasteiger partial charge in [0.25, 0.3) is 5.91 Å². The topological polar surface area (TPSA) is 58.2 Å². The molecule has 1 saturated heterocycles. The molecule has 0 radical (unpaired) electrons. The maximum atomic E-state index is 11.7. The Labute approximate surface area is 115 Å². The summed E-state index contributed by atoms with van der Waals surface area (Å²) >= 11 is 0. The van der Waals surface area contributed by atoms with Crippen molar-refractivity contribution in [3.8, 4) is 0 Å². The summed E-state index contributed by atoms with van der Waals surface area (Å²) in [6.45, 7) is 7.93. The number of amides is 3. The molecule has 1 aliphatic heterocycles. The molecule has 0 bridgehead atoms. The molecule has 1 aliphatic carbocycles. The van der Waals surface area contributed by atoms with E-state index in [4.69, 9.17) is 0 Å². The van der Waals surface area contributed by atoms with E-state index in [1.807, 2.05) is 12.2 Å². The predicted octanol–water partition coefficient (Wildman–Crippen LogP) is 3.06. The van der Waals surface area contributed by atoms with Gasteiger partial charge in [-0.2, -0.15) is 0 Å². The monoisotopic (exact) mass is 264 g/mol. The molecule has 1 heterocycles. The summed E-state index contributed by atoms with van der Waals surface area (Å²) < 4.78 is 0. The number of nitrogens with one attached hydrogen (secondary N) is 2. The largest absolute Gasteiger partial charge is 0.322 e. The van der Waals surface area contributed by atoms with E-state index in [1.165, 1.54) is 12.0 Å². The Morgan fingerprint density at radius 3 is 2.63 bits per heavy atom. The second-order valence-electron chi connectivity index (χ2n) is 5.07. The number of imide groups is 1. The van der Waals surface area contributed by atoms with Crippen molar-refractivity contribution in [1.29, 1.82) is 0 Å². The van der Waals surface area contributed by atoms with Crippen molar-refractivity contribution in [1.82, 2.24) is 10.6 Å². The minimum Gasteiger partial charge on any atom is -0.320 e. The smallest absolute Gasteiger partial charge is 0.320 e. The molecule has 2 rings (SSSR count). The fraction of sp³-hybridized carbons (Fsp3) is 0.600. The van der Waals surface area contributed by atoms with Crippen LogP contribution in [0.15, 0.2) is 24.3 Å². The van der Waals surface area contributed by atoms with Gasteiger partial charge in [0.1, 0.15) is 5.54 Å². The first-order chi connectivity index (χ1) is 9.07. The highest BCUT2D eigenvalue weighted by Crippen LogP contribution is 2.31. The van der Waals surface area contributed by atoms with Gasteiger partial charge in [-0.1, -0.05) is 38.0 Å². The Kier molecular flexibility index (Phi) is 5.80. The van der Waals surface area contributed by atoms with Crippen LogP contribution in [0.25, 0.3) is 0 Å². The van der Waals surface area contributed by atoms with Crippen molar-refractivity contribution >= 4 is 11.9 Å². The van der Waals surface area contributed by atoms with Gasteiger partial charge in [0.15, 0.2) is 0 Å². The van der Waals surface area contributed by atoms with Crippen LogP contribution in [-0.4, -0.2) is 17.5 Å². The standard InChI is InChI=1S/C12H16N2O2.C3H8/c1-2-3-5-9-6-4-7-12(8-9)10(15)13-11(16)14-12;1-3-2/h2,8H,1,3-7H2,(H2,13,14,15,16);3H2,1-2H3. The quantitative estimate of drug-likeness (QED) is 0.608. The molecule has 106 valence electrons. The van der Waals surface area contributed by atoms with Crippen molar-refractivity contribution in [3.63, 3.8) is 0 Å². The van der Waals surface area contributed by atoms with Crippen LogP contribution in [0.5, 0.6) is 0 Å². The van der Waals surface area contributed by atoms with E-state index < -0.39 is 5.54 Å². The molecule has 1 fully saturated rings. The first kappa shape index (κ1) is 15.5. The highest BCUT2D eigenvalue weighted by Gasteiger charge is 2.45. The molecule has 2 aliphatic rings. The van der Waals surface area contributed by atoms with Gasteiger partial charge in [-0.3, -0.25) is 10.1 Å². The molecule has 1 atom stereocenters. The molecular formula is C15H24N2O2. The zero-order valence-corrected chi connectivity index (χ0v) is 11.9. The second kappa shape index (κ2) is 7.12. The Morgan fingerprint density at radius 1 is 1.42 bits per heavy atom. The van der Waals surface area contributed by atoms with Crippen LogP contribution in [0, 0.1) is 0 Å². The van der Waals surface area contributed by atoms with E-state index in [1.54, 1.807) is 0 Å². The van der Waals surface area contributed by atoms with Crippen LogP contribution in [-0.2, 0) is 4.79 Å². The van der Waals surface area contributed by atoms with E-state index >= 15 is 0 Å². The van der Waals surface area contributed by atoms with Crippen LogP contribution >= 0.6 is 0 Å². The summed E-state index contributed by atoms with van der Waals surface area (Å²) in [6, 6.07) is -0.383. The lowest BCUT2D eigenvalue weighted by molar-refractivity contribution is -0.122. The molecular weight excluding hydrogens is 240 g/mol.